The Morgan fingerprint density at radius 3 is 2.78 bits per heavy atom. The van der Waals surface area contributed by atoms with Crippen LogP contribution in [0.3, 0.4) is 0 Å². The van der Waals surface area contributed by atoms with Gasteiger partial charge >= 0.3 is 0 Å². The fourth-order valence-corrected chi connectivity index (χ4v) is 3.06. The van der Waals surface area contributed by atoms with Gasteiger partial charge in [0, 0.05) is 6.54 Å². The van der Waals surface area contributed by atoms with Crippen LogP contribution in [0.4, 0.5) is 0 Å². The van der Waals surface area contributed by atoms with Gasteiger partial charge in [-0.15, -0.1) is 0 Å². The van der Waals surface area contributed by atoms with Crippen LogP contribution in [-0.2, 0) is 0 Å². The van der Waals surface area contributed by atoms with Crippen molar-refractivity contribution in [3.63, 3.8) is 0 Å². The molecule has 1 fully saturated rings. The summed E-state index contributed by atoms with van der Waals surface area (Å²) in [6.45, 7) is 4.12. The maximum absolute atomic E-state index is 12.9. The number of rotatable bonds is 3. The lowest BCUT2D eigenvalue weighted by atomic mass is 9.97. The van der Waals surface area contributed by atoms with Crippen LogP contribution in [-0.4, -0.2) is 38.6 Å². The number of nitrogens with two attached hydrogens (primary N) is 1. The quantitative estimate of drug-likeness (QED) is 0.889. The molecule has 0 aliphatic carbocycles. The second kappa shape index (κ2) is 5.86. The summed E-state index contributed by atoms with van der Waals surface area (Å²) < 4.78 is 5.10. The van der Waals surface area contributed by atoms with E-state index in [2.05, 4.69) is 15.4 Å². The number of hydrogen-bond acceptors (Lipinski definition) is 5. The van der Waals surface area contributed by atoms with Crippen molar-refractivity contribution >= 4 is 11.8 Å². The van der Waals surface area contributed by atoms with Gasteiger partial charge in [-0.05, 0) is 39.2 Å². The van der Waals surface area contributed by atoms with Crippen molar-refractivity contribution in [2.24, 2.45) is 5.73 Å². The van der Waals surface area contributed by atoms with Crippen molar-refractivity contribution in [1.82, 2.24) is 20.3 Å². The van der Waals surface area contributed by atoms with E-state index in [4.69, 9.17) is 10.3 Å². The third-order valence-corrected chi connectivity index (χ3v) is 4.22. The number of hydrogen-bond donors (Lipinski definition) is 2. The predicted molar refractivity (Wildman–Crippen MR) is 80.7 cm³/mol. The van der Waals surface area contributed by atoms with Gasteiger partial charge in [0.25, 0.3) is 11.8 Å². The Kier molecular flexibility index (Phi) is 3.89. The fraction of sp³-hybridized carbons (Fsp3) is 0.467. The van der Waals surface area contributed by atoms with Crippen LogP contribution in [0, 0.1) is 13.8 Å². The number of aromatic amines is 1. The summed E-state index contributed by atoms with van der Waals surface area (Å²) in [5.41, 5.74) is 7.23. The van der Waals surface area contributed by atoms with E-state index in [1.165, 1.54) is 0 Å². The number of nitrogens with one attached hydrogen (secondary N) is 1. The zero-order valence-electron chi connectivity index (χ0n) is 13.1. The molecular weight excluding hydrogens is 298 g/mol. The van der Waals surface area contributed by atoms with E-state index in [1.807, 2.05) is 0 Å². The number of aryl methyl sites for hydroxylation is 2. The van der Waals surface area contributed by atoms with Crippen LogP contribution in [0.25, 0.3) is 0 Å². The molecule has 1 aliphatic heterocycles. The van der Waals surface area contributed by atoms with Crippen molar-refractivity contribution in [3.05, 3.63) is 34.5 Å². The molecular formula is C15H19N5O3. The van der Waals surface area contributed by atoms with Gasteiger partial charge in [-0.25, -0.2) is 0 Å². The van der Waals surface area contributed by atoms with Gasteiger partial charge < -0.3 is 15.2 Å². The molecule has 1 saturated heterocycles. The number of carbonyl (C=O) groups is 2. The zero-order chi connectivity index (χ0) is 16.6. The van der Waals surface area contributed by atoms with Gasteiger partial charge in [0.1, 0.15) is 17.0 Å². The van der Waals surface area contributed by atoms with Gasteiger partial charge in [-0.3, -0.25) is 14.7 Å². The summed E-state index contributed by atoms with van der Waals surface area (Å²) in [6, 6.07) is 1.46. The third-order valence-electron chi connectivity index (χ3n) is 4.22. The fourth-order valence-electron chi connectivity index (χ4n) is 3.06. The highest BCUT2D eigenvalue weighted by Gasteiger charge is 2.33. The number of H-pyrrole nitrogens is 1. The first-order chi connectivity index (χ1) is 11.0. The maximum Gasteiger partial charge on any atom is 0.269 e. The number of aromatic nitrogens is 3. The molecule has 8 nitrogen and oxygen atoms in total. The van der Waals surface area contributed by atoms with Crippen molar-refractivity contribution in [2.75, 3.05) is 6.54 Å². The molecule has 0 bridgehead atoms. The summed E-state index contributed by atoms with van der Waals surface area (Å²) in [4.78, 5) is 25.9. The number of carbonyl (C=O) groups excluding carboxylic acids is 2. The highest BCUT2D eigenvalue weighted by molar-refractivity contribution is 5.96. The van der Waals surface area contributed by atoms with Gasteiger partial charge in [0.05, 0.1) is 17.4 Å². The molecule has 0 spiro atoms. The first kappa shape index (κ1) is 15.3. The standard InChI is InChI=1S/C15H19N5O3/c1-8-13(9(2)23-19-8)15(22)20-6-4-3-5-12(20)10-7-11(14(16)21)18-17-10/h7,12H,3-6H2,1-2H3,(H2,16,21)(H,17,18). The number of nitrogens with zero attached hydrogens (tertiary/aromatic N) is 3. The van der Waals surface area contributed by atoms with Crippen molar-refractivity contribution < 1.29 is 14.1 Å². The largest absolute Gasteiger partial charge is 0.364 e. The lowest BCUT2D eigenvalue weighted by molar-refractivity contribution is 0.0603. The molecule has 122 valence electrons. The molecule has 2 aromatic rings. The summed E-state index contributed by atoms with van der Waals surface area (Å²) in [6.07, 6.45) is 2.74. The number of piperidine rings is 1. The number of amides is 2. The smallest absolute Gasteiger partial charge is 0.269 e. The second-order valence-electron chi connectivity index (χ2n) is 5.78. The SMILES string of the molecule is Cc1noc(C)c1C(=O)N1CCCCC1c1cc(C(N)=O)n[nH]1. The Labute approximate surface area is 133 Å². The molecule has 2 aromatic heterocycles. The molecule has 3 rings (SSSR count). The molecule has 0 radical (unpaired) electrons. The average molecular weight is 317 g/mol. The van der Waals surface area contributed by atoms with Gasteiger partial charge in [0.2, 0.25) is 0 Å². The first-order valence-electron chi connectivity index (χ1n) is 7.58. The van der Waals surface area contributed by atoms with Crippen LogP contribution >= 0.6 is 0 Å². The van der Waals surface area contributed by atoms with Crippen molar-refractivity contribution in [3.8, 4) is 0 Å². The lowest BCUT2D eigenvalue weighted by Crippen LogP contribution is -2.39. The summed E-state index contributed by atoms with van der Waals surface area (Å²) in [5.74, 6) is -0.188. The minimum absolute atomic E-state index is 0.110. The van der Waals surface area contributed by atoms with E-state index < -0.39 is 5.91 Å². The summed E-state index contributed by atoms with van der Waals surface area (Å²) in [7, 11) is 0. The Balaban J connectivity index is 1.92. The van der Waals surface area contributed by atoms with Gasteiger partial charge in [-0.1, -0.05) is 5.16 Å². The second-order valence-corrected chi connectivity index (χ2v) is 5.78. The molecule has 23 heavy (non-hydrogen) atoms. The Morgan fingerprint density at radius 1 is 1.39 bits per heavy atom. The van der Waals surface area contributed by atoms with Crippen LogP contribution < -0.4 is 5.73 Å². The number of primary amides is 1. The highest BCUT2D eigenvalue weighted by Crippen LogP contribution is 2.32. The molecule has 2 amide bonds. The third kappa shape index (κ3) is 2.71. The summed E-state index contributed by atoms with van der Waals surface area (Å²) >= 11 is 0. The Bertz CT molecular complexity index is 729. The predicted octanol–water partition coefficient (Wildman–Crippen LogP) is 1.48. The lowest BCUT2D eigenvalue weighted by Gasteiger charge is -2.35. The topological polar surface area (TPSA) is 118 Å². The molecule has 3 heterocycles. The summed E-state index contributed by atoms with van der Waals surface area (Å²) in [5, 5.41) is 10.6. The molecule has 3 N–H and O–H groups in total. The van der Waals surface area contributed by atoms with Crippen LogP contribution in [0.5, 0.6) is 0 Å². The number of likely N-dealkylation sites (tertiary alicyclic amines) is 1. The Hall–Kier alpha value is -2.64. The van der Waals surface area contributed by atoms with E-state index in [1.54, 1.807) is 24.8 Å². The van der Waals surface area contributed by atoms with Gasteiger partial charge in [0.15, 0.2) is 0 Å². The highest BCUT2D eigenvalue weighted by atomic mass is 16.5. The molecule has 1 aliphatic rings. The van der Waals surface area contributed by atoms with Crippen LogP contribution in [0.15, 0.2) is 10.6 Å². The van der Waals surface area contributed by atoms with E-state index in [0.717, 1.165) is 25.0 Å². The van der Waals surface area contributed by atoms with E-state index >= 15 is 0 Å². The minimum atomic E-state index is -0.591. The molecule has 0 saturated carbocycles. The van der Waals surface area contributed by atoms with E-state index in [-0.39, 0.29) is 17.6 Å². The molecule has 1 unspecified atom stereocenters. The van der Waals surface area contributed by atoms with Crippen molar-refractivity contribution in [2.45, 2.75) is 39.2 Å². The Morgan fingerprint density at radius 2 is 2.17 bits per heavy atom. The molecule has 0 aromatic carbocycles. The van der Waals surface area contributed by atoms with Crippen molar-refractivity contribution in [1.29, 1.82) is 0 Å². The molecule has 1 atom stereocenters. The zero-order valence-corrected chi connectivity index (χ0v) is 13.1. The minimum Gasteiger partial charge on any atom is -0.364 e. The van der Waals surface area contributed by atoms with E-state index in [0.29, 0.717) is 23.6 Å². The normalized spacial score (nSPS) is 18.2. The van der Waals surface area contributed by atoms with Crippen LogP contribution in [0.2, 0.25) is 0 Å². The monoisotopic (exact) mass is 317 g/mol. The first-order valence-corrected chi connectivity index (χ1v) is 7.58. The van der Waals surface area contributed by atoms with E-state index in [9.17, 15) is 9.59 Å². The van der Waals surface area contributed by atoms with Crippen LogP contribution in [0.1, 0.15) is 63.3 Å². The maximum atomic E-state index is 12.9. The average Bonchev–Trinajstić information content (AvgIpc) is 3.14. The molecule has 8 heteroatoms. The van der Waals surface area contributed by atoms with Gasteiger partial charge in [-0.2, -0.15) is 5.10 Å².